The van der Waals surface area contributed by atoms with E-state index in [2.05, 4.69) is 15.3 Å². The molecule has 0 aliphatic carbocycles. The third-order valence-electron chi connectivity index (χ3n) is 2.36. The van der Waals surface area contributed by atoms with Crippen LogP contribution < -0.4 is 5.32 Å². The van der Waals surface area contributed by atoms with Crippen LogP contribution in [0.25, 0.3) is 0 Å². The van der Waals surface area contributed by atoms with Gasteiger partial charge in [-0.3, -0.25) is 4.79 Å². The van der Waals surface area contributed by atoms with Gasteiger partial charge in [0.25, 0.3) is 5.91 Å². The highest BCUT2D eigenvalue weighted by atomic mass is 32.1. The number of hydrogen-bond donors (Lipinski definition) is 2. The predicted molar refractivity (Wildman–Crippen MR) is 63.6 cm³/mol. The van der Waals surface area contributed by atoms with E-state index in [9.17, 15) is 4.79 Å². The Balaban J connectivity index is 1.98. The zero-order valence-electron chi connectivity index (χ0n) is 9.20. The summed E-state index contributed by atoms with van der Waals surface area (Å²) in [5.41, 5.74) is 1.16. The number of imidazole rings is 1. The fourth-order valence-corrected chi connectivity index (χ4v) is 2.28. The number of rotatable bonds is 3. The van der Waals surface area contributed by atoms with Gasteiger partial charge >= 0.3 is 0 Å². The molecule has 0 radical (unpaired) electrons. The van der Waals surface area contributed by atoms with E-state index in [1.54, 1.807) is 12.4 Å². The Kier molecular flexibility index (Phi) is 3.05. The first-order valence-corrected chi connectivity index (χ1v) is 5.82. The maximum Gasteiger partial charge on any atom is 0.261 e. The minimum atomic E-state index is -0.0439. The Bertz CT molecular complexity index is 468. The van der Waals surface area contributed by atoms with Gasteiger partial charge in [0.15, 0.2) is 0 Å². The molecule has 1 amide bonds. The molecule has 0 aromatic carbocycles. The molecule has 0 unspecified atom stereocenters. The molecule has 16 heavy (non-hydrogen) atoms. The van der Waals surface area contributed by atoms with Gasteiger partial charge in [-0.1, -0.05) is 0 Å². The number of aromatic nitrogens is 2. The van der Waals surface area contributed by atoms with Crippen LogP contribution in [-0.4, -0.2) is 15.9 Å². The van der Waals surface area contributed by atoms with Crippen LogP contribution in [0.15, 0.2) is 18.5 Å². The van der Waals surface area contributed by atoms with Crippen molar-refractivity contribution < 1.29 is 4.79 Å². The van der Waals surface area contributed by atoms with Crippen molar-refractivity contribution in [2.75, 3.05) is 0 Å². The number of carbonyl (C=O) groups excluding carboxylic acids is 1. The minimum Gasteiger partial charge on any atom is -0.347 e. The van der Waals surface area contributed by atoms with Gasteiger partial charge in [-0.2, -0.15) is 0 Å². The molecule has 5 heteroatoms. The number of carbonyl (C=O) groups is 1. The van der Waals surface area contributed by atoms with Crippen molar-refractivity contribution in [2.24, 2.45) is 0 Å². The van der Waals surface area contributed by atoms with E-state index in [0.717, 1.165) is 16.3 Å². The fraction of sp³-hybridized carbons (Fsp3) is 0.273. The van der Waals surface area contributed by atoms with Gasteiger partial charge in [-0.05, 0) is 25.5 Å². The van der Waals surface area contributed by atoms with Gasteiger partial charge in [0.2, 0.25) is 0 Å². The summed E-state index contributed by atoms with van der Waals surface area (Å²) in [6.45, 7) is 4.46. The molecular weight excluding hydrogens is 222 g/mol. The summed E-state index contributed by atoms with van der Waals surface area (Å²) in [7, 11) is 0. The third kappa shape index (κ3) is 2.30. The second-order valence-corrected chi connectivity index (χ2v) is 4.82. The number of thiophene rings is 1. The average Bonchev–Trinajstić information content (AvgIpc) is 2.86. The highest BCUT2D eigenvalue weighted by Crippen LogP contribution is 2.20. The van der Waals surface area contributed by atoms with Crippen LogP contribution in [0.2, 0.25) is 0 Å². The smallest absolute Gasteiger partial charge is 0.261 e. The molecule has 0 fully saturated rings. The predicted octanol–water partition coefficient (Wildman–Crippen LogP) is 2.02. The summed E-state index contributed by atoms with van der Waals surface area (Å²) in [4.78, 5) is 20.7. The lowest BCUT2D eigenvalue weighted by molar-refractivity contribution is 0.0954. The van der Waals surface area contributed by atoms with Crippen LogP contribution in [0.5, 0.6) is 0 Å². The Morgan fingerprint density at radius 3 is 2.94 bits per heavy atom. The Labute approximate surface area is 97.7 Å². The molecule has 2 heterocycles. The van der Waals surface area contributed by atoms with Crippen molar-refractivity contribution in [1.29, 1.82) is 0 Å². The van der Waals surface area contributed by atoms with Crippen molar-refractivity contribution >= 4 is 17.2 Å². The van der Waals surface area contributed by atoms with Gasteiger partial charge in [-0.25, -0.2) is 4.98 Å². The number of aromatic amines is 1. The first-order valence-electron chi connectivity index (χ1n) is 5.00. The van der Waals surface area contributed by atoms with Crippen molar-refractivity contribution in [2.45, 2.75) is 20.4 Å². The normalized spacial score (nSPS) is 10.4. The van der Waals surface area contributed by atoms with Gasteiger partial charge in [-0.15, -0.1) is 11.3 Å². The van der Waals surface area contributed by atoms with E-state index in [-0.39, 0.29) is 5.91 Å². The molecule has 0 atom stereocenters. The molecule has 2 aromatic heterocycles. The van der Waals surface area contributed by atoms with Gasteiger partial charge in [0, 0.05) is 17.3 Å². The fourth-order valence-electron chi connectivity index (χ4n) is 1.33. The Morgan fingerprint density at radius 1 is 1.56 bits per heavy atom. The van der Waals surface area contributed by atoms with Gasteiger partial charge in [0.05, 0.1) is 11.4 Å². The van der Waals surface area contributed by atoms with Crippen molar-refractivity contribution in [3.63, 3.8) is 0 Å². The largest absolute Gasteiger partial charge is 0.347 e. The lowest BCUT2D eigenvalue weighted by Crippen LogP contribution is -2.22. The second-order valence-electron chi connectivity index (χ2n) is 3.57. The van der Waals surface area contributed by atoms with Gasteiger partial charge < -0.3 is 10.3 Å². The average molecular weight is 235 g/mol. The van der Waals surface area contributed by atoms with E-state index in [1.807, 2.05) is 19.9 Å². The molecule has 0 aliphatic rings. The lowest BCUT2D eigenvalue weighted by Gasteiger charge is -1.99. The molecule has 2 aromatic rings. The van der Waals surface area contributed by atoms with E-state index in [4.69, 9.17) is 0 Å². The molecule has 0 saturated heterocycles. The second kappa shape index (κ2) is 4.49. The first kappa shape index (κ1) is 10.9. The molecule has 0 aliphatic heterocycles. The van der Waals surface area contributed by atoms with Gasteiger partial charge in [0.1, 0.15) is 5.82 Å². The van der Waals surface area contributed by atoms with Crippen LogP contribution in [-0.2, 0) is 6.54 Å². The number of nitrogens with one attached hydrogen (secondary N) is 2. The van der Waals surface area contributed by atoms with Crippen LogP contribution in [0.3, 0.4) is 0 Å². The van der Waals surface area contributed by atoms with Crippen LogP contribution >= 0.6 is 11.3 Å². The number of aryl methyl sites for hydroxylation is 2. The number of hydrogen-bond acceptors (Lipinski definition) is 3. The minimum absolute atomic E-state index is 0.0439. The van der Waals surface area contributed by atoms with Crippen molar-refractivity contribution in [1.82, 2.24) is 15.3 Å². The third-order valence-corrected chi connectivity index (χ3v) is 3.51. The highest BCUT2D eigenvalue weighted by molar-refractivity contribution is 7.14. The summed E-state index contributed by atoms with van der Waals surface area (Å²) in [6.07, 6.45) is 3.40. The number of nitrogens with zero attached hydrogens (tertiary/aromatic N) is 1. The molecule has 0 saturated carbocycles. The SMILES string of the molecule is Cc1cc(C(=O)NCc2ncc[nH]2)sc1C. The molecular formula is C11H13N3OS. The molecule has 0 spiro atoms. The lowest BCUT2D eigenvalue weighted by atomic mass is 10.3. The summed E-state index contributed by atoms with van der Waals surface area (Å²) >= 11 is 1.52. The maximum absolute atomic E-state index is 11.8. The van der Waals surface area contributed by atoms with E-state index >= 15 is 0 Å². The molecule has 2 rings (SSSR count). The van der Waals surface area contributed by atoms with E-state index in [0.29, 0.717) is 6.54 Å². The van der Waals surface area contributed by atoms with Crippen LogP contribution in [0.1, 0.15) is 25.9 Å². The molecule has 2 N–H and O–H groups in total. The monoisotopic (exact) mass is 235 g/mol. The molecule has 4 nitrogen and oxygen atoms in total. The standard InChI is InChI=1S/C11H13N3OS/c1-7-5-9(16-8(7)2)11(15)14-6-10-12-3-4-13-10/h3-5H,6H2,1-2H3,(H,12,13)(H,14,15). The Morgan fingerprint density at radius 2 is 2.38 bits per heavy atom. The highest BCUT2D eigenvalue weighted by Gasteiger charge is 2.10. The number of H-pyrrole nitrogens is 1. The van der Waals surface area contributed by atoms with Crippen LogP contribution in [0, 0.1) is 13.8 Å². The topological polar surface area (TPSA) is 57.8 Å². The summed E-state index contributed by atoms with van der Waals surface area (Å²) in [5.74, 6) is 0.718. The molecule has 84 valence electrons. The summed E-state index contributed by atoms with van der Waals surface area (Å²) in [5, 5.41) is 2.82. The van der Waals surface area contributed by atoms with E-state index < -0.39 is 0 Å². The van der Waals surface area contributed by atoms with Crippen molar-refractivity contribution in [3.05, 3.63) is 39.6 Å². The molecule has 0 bridgehead atoms. The zero-order chi connectivity index (χ0) is 11.5. The zero-order valence-corrected chi connectivity index (χ0v) is 10.0. The van der Waals surface area contributed by atoms with Crippen molar-refractivity contribution in [3.8, 4) is 0 Å². The maximum atomic E-state index is 11.8. The summed E-state index contributed by atoms with van der Waals surface area (Å²) in [6, 6.07) is 1.91. The number of amides is 1. The van der Waals surface area contributed by atoms with E-state index in [1.165, 1.54) is 16.2 Å². The first-order chi connectivity index (χ1) is 7.66. The summed E-state index contributed by atoms with van der Waals surface area (Å²) < 4.78 is 0. The quantitative estimate of drug-likeness (QED) is 0.855. The Hall–Kier alpha value is -1.62. The van der Waals surface area contributed by atoms with Crippen LogP contribution in [0.4, 0.5) is 0 Å².